The molecule has 3 heterocycles. The number of imidazole rings is 1. The summed E-state index contributed by atoms with van der Waals surface area (Å²) in [5, 5.41) is 2.31. The molecule has 9 aromatic rings. The van der Waals surface area contributed by atoms with Gasteiger partial charge in [-0.05, 0) is 72.2 Å². The van der Waals surface area contributed by atoms with Gasteiger partial charge in [-0.2, -0.15) is 16.7 Å². The van der Waals surface area contributed by atoms with Crippen LogP contribution < -0.4 is 4.90 Å². The number of nitrogens with zero attached hydrogens (tertiary/aromatic N) is 5. The summed E-state index contributed by atoms with van der Waals surface area (Å²) < 4.78 is 6.73. The monoisotopic (exact) mass is 867 g/mol. The Kier molecular flexibility index (Phi) is 9.06. The van der Waals surface area contributed by atoms with Crippen molar-refractivity contribution in [2.75, 3.05) is 4.90 Å². The van der Waals surface area contributed by atoms with Crippen LogP contribution in [-0.4, -0.2) is 18.7 Å². The molecular weight excluding hydrogens is 830 g/mol. The Morgan fingerprint density at radius 1 is 0.623 bits per heavy atom. The van der Waals surface area contributed by atoms with Gasteiger partial charge < -0.3 is 9.47 Å². The van der Waals surface area contributed by atoms with E-state index in [-0.39, 0.29) is 21.1 Å². The maximum atomic E-state index is 4.90. The summed E-state index contributed by atoms with van der Waals surface area (Å²) >= 11 is 0. The molecule has 0 radical (unpaired) electrons. The van der Waals surface area contributed by atoms with E-state index in [4.69, 9.17) is 4.98 Å². The van der Waals surface area contributed by atoms with Gasteiger partial charge in [-0.15, -0.1) is 29.7 Å². The number of pyridine rings is 1. The van der Waals surface area contributed by atoms with E-state index in [2.05, 4.69) is 204 Å². The van der Waals surface area contributed by atoms with Gasteiger partial charge in [0, 0.05) is 56.3 Å². The summed E-state index contributed by atoms with van der Waals surface area (Å²) in [6.45, 7) is 8.80. The van der Waals surface area contributed by atoms with Gasteiger partial charge in [-0.25, -0.2) is 9.55 Å². The van der Waals surface area contributed by atoms with Gasteiger partial charge in [0.05, 0.1) is 0 Å². The van der Waals surface area contributed by atoms with Gasteiger partial charge in [0.25, 0.3) is 0 Å². The first-order valence-electron chi connectivity index (χ1n) is 17.8. The Labute approximate surface area is 324 Å². The van der Waals surface area contributed by atoms with Crippen LogP contribution in [-0.2, 0) is 21.1 Å². The fourth-order valence-corrected chi connectivity index (χ4v) is 7.51. The molecule has 262 valence electrons. The van der Waals surface area contributed by atoms with Crippen LogP contribution in [0.15, 0.2) is 152 Å². The Morgan fingerprint density at radius 3 is 2.04 bits per heavy atom. The van der Waals surface area contributed by atoms with Crippen molar-refractivity contribution in [3.63, 3.8) is 0 Å². The molecule has 9 rings (SSSR count). The molecule has 3 aromatic heterocycles. The number of aryl methyl sites for hydroxylation is 2. The number of hydrogen-bond donors (Lipinski definition) is 0. The number of anilines is 3. The van der Waals surface area contributed by atoms with Gasteiger partial charge in [0.2, 0.25) is 0 Å². The third kappa shape index (κ3) is 5.96. The summed E-state index contributed by atoms with van der Waals surface area (Å²) in [7, 11) is 0. The minimum atomic E-state index is 0. The van der Waals surface area contributed by atoms with E-state index < -0.39 is 0 Å². The number of aromatic nitrogens is 4. The Morgan fingerprint density at radius 2 is 1.28 bits per heavy atom. The van der Waals surface area contributed by atoms with Crippen molar-refractivity contribution in [1.29, 1.82) is 0 Å². The fourth-order valence-electron chi connectivity index (χ4n) is 7.51. The standard InChI is InChI=1S/C47H38N5.Pt/c1-32(2)35-26-27-48-46(28-35)52-42-21-9-8-20-40(42)41-25-24-39(30-45(41)52)51(47-33(3)14-12-15-34(47)4)38-19-13-18-37(29-38)50-31-49(36-16-6-5-7-17-36)43-22-10-11-23-44(43)50;/h5-28,31-32H,1-4H3;/q-1;. The molecule has 0 aliphatic rings. The van der Waals surface area contributed by atoms with Crippen LogP contribution in [0.2, 0.25) is 0 Å². The number of para-hydroxylation sites is 5. The van der Waals surface area contributed by atoms with Gasteiger partial charge in [-0.1, -0.05) is 104 Å². The normalized spacial score (nSPS) is 11.4. The number of rotatable bonds is 7. The van der Waals surface area contributed by atoms with Crippen molar-refractivity contribution in [2.45, 2.75) is 33.6 Å². The van der Waals surface area contributed by atoms with E-state index in [1.807, 2.05) is 6.20 Å². The molecule has 6 heteroatoms. The van der Waals surface area contributed by atoms with E-state index in [1.165, 1.54) is 22.1 Å². The van der Waals surface area contributed by atoms with Crippen molar-refractivity contribution in [1.82, 2.24) is 18.7 Å². The van der Waals surface area contributed by atoms with Crippen molar-refractivity contribution < 1.29 is 21.1 Å². The molecule has 0 saturated heterocycles. The largest absolute Gasteiger partial charge is 0.357 e. The third-order valence-corrected chi connectivity index (χ3v) is 10.1. The molecule has 6 aromatic carbocycles. The molecule has 0 spiro atoms. The average Bonchev–Trinajstić information content (AvgIpc) is 3.73. The van der Waals surface area contributed by atoms with Crippen LogP contribution in [0.25, 0.3) is 50.0 Å². The van der Waals surface area contributed by atoms with Crippen molar-refractivity contribution >= 4 is 49.9 Å². The summed E-state index contributed by atoms with van der Waals surface area (Å²) in [6, 6.07) is 57.0. The maximum Gasteiger partial charge on any atom is 0.168 e. The van der Waals surface area contributed by atoms with Crippen molar-refractivity contribution in [3.05, 3.63) is 181 Å². The molecular formula is C47H38N5Pt-. The molecule has 0 aliphatic heterocycles. The van der Waals surface area contributed by atoms with Crippen LogP contribution in [0.1, 0.15) is 36.5 Å². The van der Waals surface area contributed by atoms with E-state index in [1.54, 1.807) is 0 Å². The smallest absolute Gasteiger partial charge is 0.168 e. The van der Waals surface area contributed by atoms with Crippen LogP contribution in [0.5, 0.6) is 0 Å². The predicted octanol–water partition coefficient (Wildman–Crippen LogP) is 12.0. The van der Waals surface area contributed by atoms with Crippen LogP contribution >= 0.6 is 0 Å². The summed E-state index contributed by atoms with van der Waals surface area (Å²) in [6.07, 6.45) is 4.08. The van der Waals surface area contributed by atoms with Gasteiger partial charge >= 0.3 is 0 Å². The third-order valence-electron chi connectivity index (χ3n) is 10.1. The Bertz CT molecular complexity index is 2740. The van der Waals surface area contributed by atoms with Crippen LogP contribution in [0, 0.1) is 26.0 Å². The quantitative estimate of drug-likeness (QED) is 0.149. The first kappa shape index (κ1) is 34.3. The number of hydrogen-bond acceptors (Lipinski definition) is 2. The Hall–Kier alpha value is -5.77. The summed E-state index contributed by atoms with van der Waals surface area (Å²) in [4.78, 5) is 7.21. The SMILES string of the molecule is Cc1cccc(C)c1N(c1[c-]c(-n2[cH+]n(-c3ccccc3)c3ccccc32)ccc1)c1[c-]c2c(cc1)c1ccccc1n2-c1cc(C(C)C)ccn1.[Pt]. The van der Waals surface area contributed by atoms with E-state index in [9.17, 15) is 0 Å². The Balaban J connectivity index is 0.00000400. The summed E-state index contributed by atoms with van der Waals surface area (Å²) in [5.41, 5.74) is 13.0. The van der Waals surface area contributed by atoms with Crippen LogP contribution in [0.3, 0.4) is 0 Å². The molecule has 0 amide bonds. The van der Waals surface area contributed by atoms with Crippen LogP contribution in [0.4, 0.5) is 17.1 Å². The average molecular weight is 868 g/mol. The zero-order chi connectivity index (χ0) is 35.3. The zero-order valence-corrected chi connectivity index (χ0v) is 32.3. The maximum absolute atomic E-state index is 4.90. The second kappa shape index (κ2) is 14.0. The summed E-state index contributed by atoms with van der Waals surface area (Å²) in [5.74, 6) is 1.28. The first-order chi connectivity index (χ1) is 25.5. The molecule has 0 fully saturated rings. The van der Waals surface area contributed by atoms with E-state index in [0.29, 0.717) is 5.92 Å². The van der Waals surface area contributed by atoms with Crippen molar-refractivity contribution in [3.8, 4) is 17.2 Å². The molecule has 0 saturated carbocycles. The van der Waals surface area contributed by atoms with Gasteiger partial charge in [0.15, 0.2) is 17.4 Å². The molecule has 5 nitrogen and oxygen atoms in total. The molecule has 0 N–H and O–H groups in total. The molecule has 0 atom stereocenters. The fraction of sp³-hybridized carbons (Fsp3) is 0.106. The van der Waals surface area contributed by atoms with E-state index >= 15 is 0 Å². The predicted molar refractivity (Wildman–Crippen MR) is 215 cm³/mol. The van der Waals surface area contributed by atoms with Gasteiger partial charge in [-0.3, -0.25) is 0 Å². The molecule has 0 unspecified atom stereocenters. The van der Waals surface area contributed by atoms with E-state index in [0.717, 1.165) is 61.7 Å². The molecule has 0 aliphatic carbocycles. The second-order valence-electron chi connectivity index (χ2n) is 13.7. The number of fused-ring (bicyclic) bond motifs is 4. The number of benzene rings is 6. The molecule has 0 bridgehead atoms. The van der Waals surface area contributed by atoms with Crippen molar-refractivity contribution in [2.24, 2.45) is 0 Å². The topological polar surface area (TPSA) is 30.9 Å². The van der Waals surface area contributed by atoms with Gasteiger partial charge in [0.1, 0.15) is 11.5 Å². The second-order valence-corrected chi connectivity index (χ2v) is 13.7. The molecule has 53 heavy (non-hydrogen) atoms. The minimum absolute atomic E-state index is 0. The first-order valence-corrected chi connectivity index (χ1v) is 17.8. The minimum Gasteiger partial charge on any atom is -0.357 e. The zero-order valence-electron chi connectivity index (χ0n) is 30.1.